The Morgan fingerprint density at radius 1 is 0.909 bits per heavy atom. The summed E-state index contributed by atoms with van der Waals surface area (Å²) in [7, 11) is 0. The molecule has 0 aliphatic heterocycles. The van der Waals surface area contributed by atoms with Crippen LogP contribution in [-0.2, 0) is 11.2 Å². The molecule has 0 spiro atoms. The van der Waals surface area contributed by atoms with Gasteiger partial charge in [0.15, 0.2) is 0 Å². The van der Waals surface area contributed by atoms with E-state index in [4.69, 9.17) is 5.11 Å². The summed E-state index contributed by atoms with van der Waals surface area (Å²) < 4.78 is 0. The maximum absolute atomic E-state index is 9.87. The van der Waals surface area contributed by atoms with Gasteiger partial charge in [-0.15, -0.1) is 0 Å². The molecule has 4 nitrogen and oxygen atoms in total. The van der Waals surface area contributed by atoms with Crippen LogP contribution in [0.15, 0.2) is 18.2 Å². The van der Waals surface area contributed by atoms with E-state index in [-0.39, 0.29) is 11.5 Å². The fourth-order valence-corrected chi connectivity index (χ4v) is 2.07. The largest absolute Gasteiger partial charge is 0.508 e. The van der Waals surface area contributed by atoms with Crippen LogP contribution in [0.1, 0.15) is 70.8 Å². The Morgan fingerprint density at radius 2 is 1.45 bits per heavy atom. The van der Waals surface area contributed by atoms with Crippen molar-refractivity contribution in [3.05, 3.63) is 23.8 Å². The van der Waals surface area contributed by atoms with Crippen LogP contribution in [0, 0.1) is 0 Å². The monoisotopic (exact) mass is 310 g/mol. The molecule has 0 unspecified atom stereocenters. The van der Waals surface area contributed by atoms with Crippen molar-refractivity contribution >= 4 is 5.97 Å². The predicted octanol–water partition coefficient (Wildman–Crippen LogP) is 4.87. The average Bonchev–Trinajstić information content (AvgIpc) is 2.47. The number of unbranched alkanes of at least 4 members (excludes halogenated alkanes) is 5. The molecule has 0 atom stereocenters. The van der Waals surface area contributed by atoms with Crippen LogP contribution in [-0.4, -0.2) is 21.3 Å². The van der Waals surface area contributed by atoms with Crippen molar-refractivity contribution in [2.75, 3.05) is 0 Å². The van der Waals surface area contributed by atoms with Crippen molar-refractivity contribution < 1.29 is 20.1 Å². The predicted molar refractivity (Wildman–Crippen MR) is 89.4 cm³/mol. The number of carboxylic acid groups (broad SMARTS) is 1. The van der Waals surface area contributed by atoms with Crippen LogP contribution in [0.3, 0.4) is 0 Å². The summed E-state index contributed by atoms with van der Waals surface area (Å²) >= 11 is 0. The molecule has 0 radical (unpaired) electrons. The van der Waals surface area contributed by atoms with Crippen LogP contribution >= 0.6 is 0 Å². The molecule has 0 heterocycles. The summed E-state index contributed by atoms with van der Waals surface area (Å²) in [6, 6.07) is 4.89. The maximum Gasteiger partial charge on any atom is 0.303 e. The lowest BCUT2D eigenvalue weighted by molar-refractivity contribution is -0.137. The van der Waals surface area contributed by atoms with Gasteiger partial charge in [0.25, 0.3) is 0 Å². The van der Waals surface area contributed by atoms with Gasteiger partial charge in [-0.2, -0.15) is 0 Å². The first-order valence-electron chi connectivity index (χ1n) is 8.24. The molecule has 22 heavy (non-hydrogen) atoms. The number of aliphatic carboxylic acids is 1. The van der Waals surface area contributed by atoms with Gasteiger partial charge in [0, 0.05) is 12.0 Å². The Hall–Kier alpha value is -1.71. The van der Waals surface area contributed by atoms with Crippen LogP contribution in [0.2, 0.25) is 0 Å². The number of rotatable bonds is 9. The zero-order valence-corrected chi connectivity index (χ0v) is 13.8. The molecular weight excluding hydrogens is 280 g/mol. The Kier molecular flexibility index (Phi) is 12.0. The molecule has 0 bridgehead atoms. The molecule has 1 aromatic rings. The lowest BCUT2D eigenvalue weighted by Gasteiger charge is -2.06. The van der Waals surface area contributed by atoms with E-state index < -0.39 is 5.97 Å². The van der Waals surface area contributed by atoms with E-state index in [1.54, 1.807) is 18.2 Å². The normalized spacial score (nSPS) is 9.91. The first-order chi connectivity index (χ1) is 10.5. The number of benzene rings is 1. The van der Waals surface area contributed by atoms with Crippen molar-refractivity contribution in [2.24, 2.45) is 0 Å². The SMILES string of the molecule is CCCCCC(=O)O.CCCCCCc1c(O)cccc1O. The number of carboxylic acids is 1. The molecule has 4 heteroatoms. The molecule has 0 aliphatic carbocycles. The number of phenolic OH excluding ortho intramolecular Hbond substituents is 2. The van der Waals surface area contributed by atoms with Gasteiger partial charge in [0.1, 0.15) is 11.5 Å². The fraction of sp³-hybridized carbons (Fsp3) is 0.611. The first-order valence-corrected chi connectivity index (χ1v) is 8.24. The summed E-state index contributed by atoms with van der Waals surface area (Å²) in [5.74, 6) is -0.263. The van der Waals surface area contributed by atoms with Gasteiger partial charge in [-0.1, -0.05) is 52.0 Å². The molecule has 0 saturated carbocycles. The third kappa shape index (κ3) is 10.1. The molecule has 0 aromatic heterocycles. The Labute approximate surface area is 133 Å². The van der Waals surface area contributed by atoms with E-state index in [0.29, 0.717) is 12.0 Å². The van der Waals surface area contributed by atoms with E-state index in [9.17, 15) is 15.0 Å². The van der Waals surface area contributed by atoms with Gasteiger partial charge >= 0.3 is 5.97 Å². The average molecular weight is 310 g/mol. The number of hydrogen-bond donors (Lipinski definition) is 3. The zero-order chi connectivity index (χ0) is 16.8. The van der Waals surface area contributed by atoms with Crippen molar-refractivity contribution in [3.63, 3.8) is 0 Å². The highest BCUT2D eigenvalue weighted by atomic mass is 16.4. The van der Waals surface area contributed by atoms with Crippen molar-refractivity contribution in [2.45, 2.75) is 71.6 Å². The summed E-state index contributed by atoms with van der Waals surface area (Å²) in [5.41, 5.74) is 0.684. The highest BCUT2D eigenvalue weighted by Crippen LogP contribution is 2.27. The zero-order valence-electron chi connectivity index (χ0n) is 13.8. The lowest BCUT2D eigenvalue weighted by Crippen LogP contribution is -1.92. The second-order valence-electron chi connectivity index (χ2n) is 5.44. The maximum atomic E-state index is 9.87. The standard InChI is InChI=1S/C12H18O2.C6H12O2/c1-2-3-4-5-7-10-11(13)8-6-9-12(10)14;1-2-3-4-5-6(7)8/h6,8-9,13-14H,2-5,7H2,1H3;2-5H2,1H3,(H,7,8). The number of hydrogen-bond acceptors (Lipinski definition) is 3. The molecule has 0 aliphatic rings. The van der Waals surface area contributed by atoms with Crippen LogP contribution in [0.4, 0.5) is 0 Å². The molecule has 126 valence electrons. The van der Waals surface area contributed by atoms with Crippen molar-refractivity contribution in [3.8, 4) is 11.5 Å². The van der Waals surface area contributed by atoms with Crippen LogP contribution < -0.4 is 0 Å². The van der Waals surface area contributed by atoms with Gasteiger partial charge in [-0.3, -0.25) is 4.79 Å². The molecule has 3 N–H and O–H groups in total. The van der Waals surface area contributed by atoms with Gasteiger partial charge < -0.3 is 15.3 Å². The minimum atomic E-state index is -0.682. The second-order valence-corrected chi connectivity index (χ2v) is 5.44. The van der Waals surface area contributed by atoms with Gasteiger partial charge in [0.2, 0.25) is 0 Å². The first kappa shape index (κ1) is 20.3. The summed E-state index contributed by atoms with van der Waals surface area (Å²) in [6.45, 7) is 4.22. The number of phenols is 2. The fourth-order valence-electron chi connectivity index (χ4n) is 2.07. The molecule has 1 aromatic carbocycles. The van der Waals surface area contributed by atoms with Gasteiger partial charge in [0.05, 0.1) is 0 Å². The molecular formula is C18H30O4. The smallest absolute Gasteiger partial charge is 0.303 e. The van der Waals surface area contributed by atoms with E-state index in [0.717, 1.165) is 38.5 Å². The van der Waals surface area contributed by atoms with Gasteiger partial charge in [-0.05, 0) is 31.4 Å². The minimum absolute atomic E-state index is 0.210. The minimum Gasteiger partial charge on any atom is -0.508 e. The highest BCUT2D eigenvalue weighted by molar-refractivity contribution is 5.66. The Morgan fingerprint density at radius 3 is 1.95 bits per heavy atom. The summed E-state index contributed by atoms with van der Waals surface area (Å²) in [6.07, 6.45) is 8.64. The highest BCUT2D eigenvalue weighted by Gasteiger charge is 2.05. The summed E-state index contributed by atoms with van der Waals surface area (Å²) in [5, 5.41) is 27.1. The Bertz CT molecular complexity index is 395. The molecule has 0 fully saturated rings. The number of aromatic hydroxyl groups is 2. The third-order valence-corrected chi connectivity index (χ3v) is 3.40. The molecule has 1 rings (SSSR count). The van der Waals surface area contributed by atoms with E-state index in [1.807, 2.05) is 0 Å². The molecule has 0 amide bonds. The summed E-state index contributed by atoms with van der Waals surface area (Å²) in [4.78, 5) is 9.87. The van der Waals surface area contributed by atoms with Crippen molar-refractivity contribution in [1.82, 2.24) is 0 Å². The second kappa shape index (κ2) is 13.0. The van der Waals surface area contributed by atoms with E-state index in [2.05, 4.69) is 13.8 Å². The van der Waals surface area contributed by atoms with Crippen molar-refractivity contribution in [1.29, 1.82) is 0 Å². The quantitative estimate of drug-likeness (QED) is 0.568. The van der Waals surface area contributed by atoms with Crippen LogP contribution in [0.25, 0.3) is 0 Å². The third-order valence-electron chi connectivity index (χ3n) is 3.40. The van der Waals surface area contributed by atoms with Crippen LogP contribution in [0.5, 0.6) is 11.5 Å². The topological polar surface area (TPSA) is 77.8 Å². The van der Waals surface area contributed by atoms with E-state index in [1.165, 1.54) is 12.8 Å². The van der Waals surface area contributed by atoms with Gasteiger partial charge in [-0.25, -0.2) is 0 Å². The molecule has 0 saturated heterocycles. The number of carbonyl (C=O) groups is 1. The van der Waals surface area contributed by atoms with E-state index >= 15 is 0 Å². The lowest BCUT2D eigenvalue weighted by atomic mass is 10.0. The Balaban J connectivity index is 0.000000472.